The Morgan fingerprint density at radius 2 is 1.82 bits per heavy atom. The molecule has 28 heavy (non-hydrogen) atoms. The van der Waals surface area contributed by atoms with Crippen LogP contribution in [0, 0.1) is 0 Å². The van der Waals surface area contributed by atoms with Gasteiger partial charge < -0.3 is 26.9 Å². The molecule has 0 saturated heterocycles. The molecule has 0 aliphatic heterocycles. The average molecular weight is 422 g/mol. The lowest BCUT2D eigenvalue weighted by Crippen LogP contribution is -3.00. The minimum absolute atomic E-state index is 0. The predicted molar refractivity (Wildman–Crippen MR) is 104 cm³/mol. The van der Waals surface area contributed by atoms with Crippen LogP contribution in [0.1, 0.15) is 11.3 Å². The van der Waals surface area contributed by atoms with E-state index in [4.69, 9.17) is 14.3 Å². The summed E-state index contributed by atoms with van der Waals surface area (Å²) in [6, 6.07) is 18.2. The third-order valence-electron chi connectivity index (χ3n) is 4.16. The number of benzene rings is 2. The molecule has 3 N–H and O–H groups in total. The first-order chi connectivity index (χ1) is 13.0. The van der Waals surface area contributed by atoms with Crippen molar-refractivity contribution in [1.82, 2.24) is 5.32 Å². The zero-order valence-corrected chi connectivity index (χ0v) is 17.0. The van der Waals surface area contributed by atoms with Crippen molar-refractivity contribution >= 4 is 10.0 Å². The largest absolute Gasteiger partial charge is 1.00 e. The Morgan fingerprint density at radius 1 is 1.07 bits per heavy atom. The second kappa shape index (κ2) is 9.75. The summed E-state index contributed by atoms with van der Waals surface area (Å²) in [5, 5.41) is 8.42. The van der Waals surface area contributed by atoms with Crippen LogP contribution in [0.15, 0.2) is 70.0 Å². The van der Waals surface area contributed by atoms with E-state index in [9.17, 15) is 8.42 Å². The van der Waals surface area contributed by atoms with E-state index in [0.717, 1.165) is 41.4 Å². The molecule has 0 atom stereocenters. The predicted octanol–water partition coefficient (Wildman–Crippen LogP) is -0.0611. The van der Waals surface area contributed by atoms with E-state index in [1.807, 2.05) is 36.4 Å². The second-order valence-electron chi connectivity index (χ2n) is 6.11. The molecule has 8 heteroatoms. The lowest BCUT2D eigenvalue weighted by molar-refractivity contribution is -0.00000897. The maximum Gasteiger partial charge on any atom is 0.238 e. The number of methoxy groups -OCH3 is 1. The summed E-state index contributed by atoms with van der Waals surface area (Å²) in [6.07, 6.45) is 0.772. The van der Waals surface area contributed by atoms with E-state index in [0.29, 0.717) is 6.54 Å². The molecule has 0 bridgehead atoms. The molecule has 150 valence electrons. The molecule has 0 radical (unpaired) electrons. The third-order valence-corrected chi connectivity index (χ3v) is 5.09. The minimum Gasteiger partial charge on any atom is -1.00 e. The molecule has 3 aromatic rings. The maximum atomic E-state index is 11.2. The number of furan rings is 1. The number of ether oxygens (including phenoxy) is 1. The molecule has 2 aromatic carbocycles. The van der Waals surface area contributed by atoms with E-state index in [1.54, 1.807) is 19.2 Å². The third kappa shape index (κ3) is 5.84. The van der Waals surface area contributed by atoms with Crippen LogP contribution in [0.3, 0.4) is 0 Å². The smallest absolute Gasteiger partial charge is 0.238 e. The Kier molecular flexibility index (Phi) is 7.65. The summed E-state index contributed by atoms with van der Waals surface area (Å²) in [6.45, 7) is 1.35. The van der Waals surface area contributed by atoms with Crippen LogP contribution < -0.4 is 27.6 Å². The van der Waals surface area contributed by atoms with Crippen molar-refractivity contribution in [1.29, 1.82) is 0 Å². The Bertz CT molecular complexity index is 1000. The fourth-order valence-electron chi connectivity index (χ4n) is 2.69. The Hall–Kier alpha value is -2.32. The molecule has 0 fully saturated rings. The summed E-state index contributed by atoms with van der Waals surface area (Å²) in [4.78, 5) is 0.125. The van der Waals surface area contributed by atoms with E-state index < -0.39 is 10.0 Å². The van der Waals surface area contributed by atoms with Crippen LogP contribution in [0.2, 0.25) is 0 Å². The van der Waals surface area contributed by atoms with Crippen LogP contribution in [-0.2, 0) is 23.0 Å². The molecule has 0 aliphatic rings. The lowest BCUT2D eigenvalue weighted by atomic mass is 10.1. The van der Waals surface area contributed by atoms with Crippen molar-refractivity contribution in [3.63, 3.8) is 0 Å². The number of sulfonamides is 1. The van der Waals surface area contributed by atoms with Gasteiger partial charge in [-0.25, -0.2) is 13.6 Å². The molecule has 3 rings (SSSR count). The fraction of sp³-hybridized carbons (Fsp3) is 0.200. The highest BCUT2D eigenvalue weighted by Gasteiger charge is 2.07. The van der Waals surface area contributed by atoms with Crippen LogP contribution in [0.5, 0.6) is 5.75 Å². The molecule has 0 spiro atoms. The van der Waals surface area contributed by atoms with Crippen LogP contribution in [0.25, 0.3) is 11.3 Å². The molecule has 1 aromatic heterocycles. The van der Waals surface area contributed by atoms with Crippen molar-refractivity contribution in [3.05, 3.63) is 72.0 Å². The number of halogens is 1. The molecule has 0 amide bonds. The summed E-state index contributed by atoms with van der Waals surface area (Å²) in [7, 11) is -2.00. The second-order valence-corrected chi connectivity index (χ2v) is 7.68. The van der Waals surface area contributed by atoms with Gasteiger partial charge >= 0.3 is 0 Å². The van der Waals surface area contributed by atoms with Crippen molar-refractivity contribution in [3.8, 4) is 17.1 Å². The SMILES string of the molecule is COc1cccc(-c2ccc(CNCCc3ccc(S(N)(=O)=O)cc3)o2)c1.[Cl-]. The maximum absolute atomic E-state index is 11.2. The van der Waals surface area contributed by atoms with Gasteiger partial charge in [0.25, 0.3) is 0 Å². The minimum atomic E-state index is -3.64. The van der Waals surface area contributed by atoms with Crippen LogP contribution in [0.4, 0.5) is 0 Å². The Balaban J connectivity index is 0.00000280. The number of hydrogen-bond acceptors (Lipinski definition) is 5. The lowest BCUT2D eigenvalue weighted by Gasteiger charge is -2.05. The van der Waals surface area contributed by atoms with E-state index in [2.05, 4.69) is 5.32 Å². The first-order valence-electron chi connectivity index (χ1n) is 8.51. The zero-order chi connectivity index (χ0) is 19.3. The van der Waals surface area contributed by atoms with Gasteiger partial charge in [0.15, 0.2) is 0 Å². The van der Waals surface area contributed by atoms with Gasteiger partial charge in [-0.2, -0.15) is 0 Å². The monoisotopic (exact) mass is 421 g/mol. The average Bonchev–Trinajstić information content (AvgIpc) is 3.14. The molecule has 1 heterocycles. The fourth-order valence-corrected chi connectivity index (χ4v) is 3.21. The van der Waals surface area contributed by atoms with Crippen molar-refractivity contribution in [2.75, 3.05) is 13.7 Å². The molecule has 0 aliphatic carbocycles. The van der Waals surface area contributed by atoms with E-state index in [-0.39, 0.29) is 17.3 Å². The van der Waals surface area contributed by atoms with Gasteiger partial charge in [0.2, 0.25) is 10.0 Å². The van der Waals surface area contributed by atoms with Gasteiger partial charge in [-0.1, -0.05) is 24.3 Å². The van der Waals surface area contributed by atoms with Crippen molar-refractivity contribution < 1.29 is 30.0 Å². The number of nitrogens with two attached hydrogens (primary N) is 1. The van der Waals surface area contributed by atoms with E-state index >= 15 is 0 Å². The van der Waals surface area contributed by atoms with Gasteiger partial charge in [-0.3, -0.25) is 0 Å². The Labute approximate surface area is 171 Å². The highest BCUT2D eigenvalue weighted by molar-refractivity contribution is 7.89. The highest BCUT2D eigenvalue weighted by Crippen LogP contribution is 2.25. The molecule has 6 nitrogen and oxygen atoms in total. The van der Waals surface area contributed by atoms with E-state index in [1.165, 1.54) is 12.1 Å². The molecule has 0 unspecified atom stereocenters. The quantitative estimate of drug-likeness (QED) is 0.497. The highest BCUT2D eigenvalue weighted by atomic mass is 35.5. The summed E-state index contributed by atoms with van der Waals surface area (Å²) in [5.41, 5.74) is 2.00. The van der Waals surface area contributed by atoms with Crippen LogP contribution in [-0.4, -0.2) is 22.1 Å². The van der Waals surface area contributed by atoms with Gasteiger partial charge in [0.1, 0.15) is 17.3 Å². The summed E-state index contributed by atoms with van der Waals surface area (Å²) in [5.74, 6) is 2.43. The number of nitrogens with one attached hydrogen (secondary N) is 1. The standard InChI is InChI=1S/C20H22N2O4S.ClH/c1-25-17-4-2-3-16(13-17)20-10-7-18(26-20)14-22-12-11-15-5-8-19(9-6-15)27(21,23)24;/h2-10,13,22H,11-12,14H2,1H3,(H2,21,23,24);1H/p-1. The Morgan fingerprint density at radius 3 is 2.50 bits per heavy atom. The molecular formula is C20H22ClN2O4S-. The number of hydrogen-bond donors (Lipinski definition) is 2. The number of rotatable bonds is 8. The van der Waals surface area contributed by atoms with Gasteiger partial charge in [0.05, 0.1) is 18.6 Å². The van der Waals surface area contributed by atoms with Crippen molar-refractivity contribution in [2.24, 2.45) is 5.14 Å². The topological polar surface area (TPSA) is 94.6 Å². The van der Waals surface area contributed by atoms with Gasteiger partial charge in [0, 0.05) is 5.56 Å². The first kappa shape index (κ1) is 22.0. The summed E-state index contributed by atoms with van der Waals surface area (Å²) < 4.78 is 33.6. The zero-order valence-electron chi connectivity index (χ0n) is 15.4. The van der Waals surface area contributed by atoms with Crippen molar-refractivity contribution in [2.45, 2.75) is 17.9 Å². The van der Waals surface area contributed by atoms with Gasteiger partial charge in [-0.15, -0.1) is 0 Å². The molecular weight excluding hydrogens is 400 g/mol. The first-order valence-corrected chi connectivity index (χ1v) is 10.1. The normalized spacial score (nSPS) is 11.1. The van der Waals surface area contributed by atoms with Gasteiger partial charge in [-0.05, 0) is 54.9 Å². The molecule has 0 saturated carbocycles. The summed E-state index contributed by atoms with van der Waals surface area (Å²) >= 11 is 0. The number of primary sulfonamides is 1. The van der Waals surface area contributed by atoms with Crippen LogP contribution >= 0.6 is 0 Å².